The molecule has 0 aromatic heterocycles. The molecule has 0 radical (unpaired) electrons. The summed E-state index contributed by atoms with van der Waals surface area (Å²) in [6, 6.07) is 32.0. The molecule has 5 aromatic rings. The van der Waals surface area contributed by atoms with E-state index < -0.39 is 0 Å². The number of hydrogen-bond acceptors (Lipinski definition) is 3. The summed E-state index contributed by atoms with van der Waals surface area (Å²) in [4.78, 5) is 25.8. The minimum atomic E-state index is -0.208. The van der Waals surface area contributed by atoms with Crippen molar-refractivity contribution in [2.75, 3.05) is 5.32 Å². The lowest BCUT2D eigenvalue weighted by Gasteiger charge is -2.06. The normalized spacial score (nSPS) is 13.7. The SMILES string of the molecule is C=Cc1ccc(N/C=C/c2ccccc2/C=C\c2ccc3cc(C=C4C(=O)c5ccc(C)cc5C4=O)ccc3c2)cc1C=C. The van der Waals surface area contributed by atoms with Gasteiger partial charge in [-0.1, -0.05) is 110 Å². The number of nitrogens with one attached hydrogen (secondary N) is 1. The van der Waals surface area contributed by atoms with Crippen LogP contribution in [0.1, 0.15) is 59.7 Å². The number of Topliss-reactive ketones (excluding diaryl/α,β-unsaturated/α-hetero) is 2. The van der Waals surface area contributed by atoms with Crippen molar-refractivity contribution in [1.82, 2.24) is 0 Å². The molecular weight excluding hydrogens is 538 g/mol. The number of carbonyl (C=O) groups excluding carboxylic acids is 2. The second kappa shape index (κ2) is 12.2. The lowest BCUT2D eigenvalue weighted by Crippen LogP contribution is -2.00. The zero-order chi connectivity index (χ0) is 30.6. The Bertz CT molecular complexity index is 2070. The predicted octanol–water partition coefficient (Wildman–Crippen LogP) is 10.2. The van der Waals surface area contributed by atoms with Crippen molar-refractivity contribution in [1.29, 1.82) is 0 Å². The number of carbonyl (C=O) groups is 2. The molecule has 212 valence electrons. The van der Waals surface area contributed by atoms with Crippen molar-refractivity contribution in [3.8, 4) is 0 Å². The highest BCUT2D eigenvalue weighted by molar-refractivity contribution is 6.41. The molecule has 3 nitrogen and oxygen atoms in total. The van der Waals surface area contributed by atoms with Crippen LogP contribution in [0, 0.1) is 6.92 Å². The molecule has 0 bridgehead atoms. The average Bonchev–Trinajstić information content (AvgIpc) is 3.27. The summed E-state index contributed by atoms with van der Waals surface area (Å²) >= 11 is 0. The first-order valence-corrected chi connectivity index (χ1v) is 14.5. The summed E-state index contributed by atoms with van der Waals surface area (Å²) in [7, 11) is 0. The maximum absolute atomic E-state index is 12.9. The molecule has 1 N–H and O–H groups in total. The van der Waals surface area contributed by atoms with Gasteiger partial charge in [0.2, 0.25) is 0 Å². The van der Waals surface area contributed by atoms with Crippen LogP contribution in [0.3, 0.4) is 0 Å². The van der Waals surface area contributed by atoms with E-state index in [2.05, 4.69) is 67.0 Å². The van der Waals surface area contributed by atoms with Crippen molar-refractivity contribution < 1.29 is 9.59 Å². The zero-order valence-corrected chi connectivity index (χ0v) is 24.5. The van der Waals surface area contributed by atoms with Gasteiger partial charge in [0.05, 0.1) is 5.57 Å². The number of allylic oxidation sites excluding steroid dienone is 1. The average molecular weight is 570 g/mol. The van der Waals surface area contributed by atoms with Gasteiger partial charge in [0.1, 0.15) is 0 Å². The molecule has 0 unspecified atom stereocenters. The summed E-state index contributed by atoms with van der Waals surface area (Å²) in [5.41, 5.74) is 9.32. The third kappa shape index (κ3) is 5.77. The van der Waals surface area contributed by atoms with Crippen molar-refractivity contribution in [3.05, 3.63) is 172 Å². The van der Waals surface area contributed by atoms with Gasteiger partial charge in [-0.2, -0.15) is 0 Å². The summed E-state index contributed by atoms with van der Waals surface area (Å²) in [6.45, 7) is 9.67. The highest BCUT2D eigenvalue weighted by Gasteiger charge is 2.32. The molecule has 0 spiro atoms. The first-order chi connectivity index (χ1) is 21.4. The van der Waals surface area contributed by atoms with E-state index in [0.29, 0.717) is 11.1 Å². The molecule has 0 saturated carbocycles. The van der Waals surface area contributed by atoms with E-state index in [-0.39, 0.29) is 17.1 Å². The quantitative estimate of drug-likeness (QED) is 0.115. The minimum absolute atomic E-state index is 0.204. The largest absolute Gasteiger partial charge is 0.362 e. The smallest absolute Gasteiger partial charge is 0.197 e. The van der Waals surface area contributed by atoms with Gasteiger partial charge in [0, 0.05) is 23.0 Å². The van der Waals surface area contributed by atoms with Gasteiger partial charge in [-0.05, 0) is 93.6 Å². The molecule has 0 atom stereocenters. The highest BCUT2D eigenvalue weighted by Crippen LogP contribution is 2.30. The van der Waals surface area contributed by atoms with E-state index in [1.54, 1.807) is 18.2 Å². The Hall–Kier alpha value is -5.80. The van der Waals surface area contributed by atoms with Gasteiger partial charge in [0.15, 0.2) is 11.6 Å². The van der Waals surface area contributed by atoms with Gasteiger partial charge in [0.25, 0.3) is 0 Å². The first kappa shape index (κ1) is 28.3. The third-order valence-electron chi connectivity index (χ3n) is 7.84. The van der Waals surface area contributed by atoms with Crippen LogP contribution < -0.4 is 5.32 Å². The third-order valence-corrected chi connectivity index (χ3v) is 7.84. The standard InChI is InChI=1S/C41H31NO2/c1-4-30-17-18-36(26-31(30)5-2)42-21-20-33-9-7-6-8-32(33)14-11-28-12-15-35-24-29(13-16-34(35)23-28)25-39-40(43)37-19-10-27(3)22-38(37)41(39)44/h4-26,42H,1-2H2,3H3/b14-11-,21-20+,39-25?. The van der Waals surface area contributed by atoms with E-state index in [9.17, 15) is 9.59 Å². The van der Waals surface area contributed by atoms with Crippen molar-refractivity contribution >= 4 is 64.5 Å². The van der Waals surface area contributed by atoms with Crippen LogP contribution in [-0.2, 0) is 0 Å². The lowest BCUT2D eigenvalue weighted by atomic mass is 10.0. The van der Waals surface area contributed by atoms with Gasteiger partial charge in [-0.3, -0.25) is 9.59 Å². The minimum Gasteiger partial charge on any atom is -0.362 e. The molecule has 0 fully saturated rings. The van der Waals surface area contributed by atoms with E-state index in [4.69, 9.17) is 0 Å². The number of anilines is 1. The van der Waals surface area contributed by atoms with E-state index >= 15 is 0 Å². The number of hydrogen-bond donors (Lipinski definition) is 1. The second-order valence-corrected chi connectivity index (χ2v) is 10.8. The molecule has 0 amide bonds. The van der Waals surface area contributed by atoms with E-state index in [0.717, 1.165) is 55.4 Å². The number of benzene rings is 5. The molecule has 3 heteroatoms. The maximum atomic E-state index is 12.9. The molecule has 0 saturated heterocycles. The number of ketones is 2. The van der Waals surface area contributed by atoms with Gasteiger partial charge in [-0.25, -0.2) is 0 Å². The summed E-state index contributed by atoms with van der Waals surface area (Å²) in [5.74, 6) is -0.412. The Morgan fingerprint density at radius 2 is 1.27 bits per heavy atom. The van der Waals surface area contributed by atoms with Crippen LogP contribution in [0.25, 0.3) is 47.2 Å². The van der Waals surface area contributed by atoms with Crippen LogP contribution in [0.4, 0.5) is 5.69 Å². The van der Waals surface area contributed by atoms with Crippen molar-refractivity contribution in [2.45, 2.75) is 6.92 Å². The Labute approximate surface area is 257 Å². The fraction of sp³-hybridized carbons (Fsp3) is 0.0244. The fourth-order valence-corrected chi connectivity index (χ4v) is 5.47. The predicted molar refractivity (Wildman–Crippen MR) is 186 cm³/mol. The van der Waals surface area contributed by atoms with Crippen LogP contribution in [-0.4, -0.2) is 11.6 Å². The maximum Gasteiger partial charge on any atom is 0.197 e. The molecule has 1 aliphatic rings. The molecule has 0 heterocycles. The Morgan fingerprint density at radius 1 is 0.591 bits per heavy atom. The van der Waals surface area contributed by atoms with Crippen LogP contribution in [0.5, 0.6) is 0 Å². The zero-order valence-electron chi connectivity index (χ0n) is 24.5. The Morgan fingerprint density at radius 3 is 2.02 bits per heavy atom. The molecular formula is C41H31NO2. The second-order valence-electron chi connectivity index (χ2n) is 10.8. The molecule has 5 aromatic carbocycles. The summed E-state index contributed by atoms with van der Waals surface area (Å²) in [6.07, 6.45) is 13.6. The van der Waals surface area contributed by atoms with Crippen molar-refractivity contribution in [3.63, 3.8) is 0 Å². The van der Waals surface area contributed by atoms with Crippen LogP contribution in [0.2, 0.25) is 0 Å². The lowest BCUT2D eigenvalue weighted by molar-refractivity contribution is 0.0990. The first-order valence-electron chi connectivity index (χ1n) is 14.5. The van der Waals surface area contributed by atoms with Gasteiger partial charge < -0.3 is 5.32 Å². The highest BCUT2D eigenvalue weighted by atomic mass is 16.2. The summed E-state index contributed by atoms with van der Waals surface area (Å²) < 4.78 is 0. The van der Waals surface area contributed by atoms with Crippen molar-refractivity contribution in [2.24, 2.45) is 0 Å². The van der Waals surface area contributed by atoms with E-state index in [1.165, 1.54) is 0 Å². The number of aryl methyl sites for hydroxylation is 1. The van der Waals surface area contributed by atoms with Crippen LogP contribution >= 0.6 is 0 Å². The molecule has 6 rings (SSSR count). The van der Waals surface area contributed by atoms with E-state index in [1.807, 2.05) is 79.9 Å². The summed E-state index contributed by atoms with van der Waals surface area (Å²) in [5, 5.41) is 5.47. The monoisotopic (exact) mass is 569 g/mol. The topological polar surface area (TPSA) is 46.2 Å². The molecule has 44 heavy (non-hydrogen) atoms. The Kier molecular flexibility index (Phi) is 7.86. The molecule has 0 aliphatic heterocycles. The Balaban J connectivity index is 1.19. The molecule has 1 aliphatic carbocycles. The number of rotatable bonds is 8. The fourth-order valence-electron chi connectivity index (χ4n) is 5.47. The van der Waals surface area contributed by atoms with Gasteiger partial charge in [-0.15, -0.1) is 0 Å². The van der Waals surface area contributed by atoms with Gasteiger partial charge >= 0.3 is 0 Å². The van der Waals surface area contributed by atoms with Crippen LogP contribution in [0.15, 0.2) is 122 Å². The number of fused-ring (bicyclic) bond motifs is 2.